The molecular weight excluding hydrogens is 236 g/mol. The lowest BCUT2D eigenvalue weighted by Gasteiger charge is -2.28. The fraction of sp³-hybridized carbons (Fsp3) is 0.625. The third-order valence-electron chi connectivity index (χ3n) is 3.92. The summed E-state index contributed by atoms with van der Waals surface area (Å²) in [6.45, 7) is 1.79. The zero-order chi connectivity index (χ0) is 13.7. The monoisotopic (exact) mass is 262 g/mol. The lowest BCUT2D eigenvalue weighted by atomic mass is 10.1. The van der Waals surface area contributed by atoms with Crippen LogP contribution in [0, 0.1) is 5.92 Å². The van der Waals surface area contributed by atoms with Crippen molar-refractivity contribution in [2.24, 2.45) is 5.92 Å². The minimum atomic E-state index is 0.416. The number of hydrogen-bond acceptors (Lipinski definition) is 3. The van der Waals surface area contributed by atoms with Crippen molar-refractivity contribution in [3.05, 3.63) is 35.9 Å². The molecule has 2 unspecified atom stereocenters. The Balaban J connectivity index is 1.93. The van der Waals surface area contributed by atoms with Crippen LogP contribution in [-0.4, -0.2) is 45.3 Å². The molecule has 1 N–H and O–H groups in total. The maximum Gasteiger partial charge on any atom is 0.0618 e. The molecule has 0 heterocycles. The van der Waals surface area contributed by atoms with E-state index >= 15 is 0 Å². The number of nitrogens with zero attached hydrogens (tertiary/aromatic N) is 1. The van der Waals surface area contributed by atoms with Gasteiger partial charge in [-0.1, -0.05) is 30.3 Å². The van der Waals surface area contributed by atoms with Crippen LogP contribution in [0.5, 0.6) is 0 Å². The van der Waals surface area contributed by atoms with E-state index < -0.39 is 0 Å². The van der Waals surface area contributed by atoms with E-state index in [1.165, 1.54) is 18.4 Å². The Hall–Kier alpha value is -0.900. The molecule has 2 rings (SSSR count). The third kappa shape index (κ3) is 4.30. The fourth-order valence-electron chi connectivity index (χ4n) is 2.58. The first-order chi connectivity index (χ1) is 9.22. The highest BCUT2D eigenvalue weighted by atomic mass is 16.5. The molecule has 1 aliphatic carbocycles. The van der Waals surface area contributed by atoms with E-state index in [-0.39, 0.29) is 0 Å². The Kier molecular flexibility index (Phi) is 5.37. The summed E-state index contributed by atoms with van der Waals surface area (Å²) in [5, 5.41) is 3.70. The van der Waals surface area contributed by atoms with E-state index in [2.05, 4.69) is 54.6 Å². The maximum absolute atomic E-state index is 5.33. The summed E-state index contributed by atoms with van der Waals surface area (Å²) in [6.07, 6.45) is 2.69. The highest BCUT2D eigenvalue weighted by Gasteiger charge is 2.31. The van der Waals surface area contributed by atoms with Crippen LogP contribution >= 0.6 is 0 Å². The molecule has 0 saturated heterocycles. The molecule has 1 saturated carbocycles. The molecule has 1 aliphatic rings. The average molecular weight is 262 g/mol. The van der Waals surface area contributed by atoms with Gasteiger partial charge in [0, 0.05) is 25.7 Å². The lowest BCUT2D eigenvalue weighted by molar-refractivity contribution is 0.151. The van der Waals surface area contributed by atoms with Crippen LogP contribution in [-0.2, 0) is 4.74 Å². The van der Waals surface area contributed by atoms with E-state index in [0.717, 1.165) is 19.1 Å². The molecule has 3 nitrogen and oxygen atoms in total. The topological polar surface area (TPSA) is 24.5 Å². The maximum atomic E-state index is 5.33. The summed E-state index contributed by atoms with van der Waals surface area (Å²) < 4.78 is 5.33. The van der Waals surface area contributed by atoms with E-state index in [0.29, 0.717) is 12.1 Å². The number of likely N-dealkylation sites (N-methyl/N-ethyl adjacent to an activating group) is 1. The van der Waals surface area contributed by atoms with Gasteiger partial charge in [0.05, 0.1) is 6.61 Å². The second-order valence-corrected chi connectivity index (χ2v) is 5.70. The zero-order valence-electron chi connectivity index (χ0n) is 12.3. The standard InChI is InChI=1S/C16H26N2O/c1-18(2)16(14-7-5-4-6-8-14)11-17-15(12-19-3)13-9-10-13/h4-8,13,15-17H,9-12H2,1-3H3. The van der Waals surface area contributed by atoms with Gasteiger partial charge in [0.25, 0.3) is 0 Å². The van der Waals surface area contributed by atoms with Gasteiger partial charge in [-0.3, -0.25) is 0 Å². The molecular formula is C16H26N2O. The Morgan fingerprint density at radius 2 is 1.95 bits per heavy atom. The average Bonchev–Trinajstić information content (AvgIpc) is 3.23. The van der Waals surface area contributed by atoms with Crippen molar-refractivity contribution < 1.29 is 4.74 Å². The molecule has 0 amide bonds. The second kappa shape index (κ2) is 7.04. The van der Waals surface area contributed by atoms with Crippen LogP contribution in [0.4, 0.5) is 0 Å². The molecule has 1 aromatic rings. The lowest BCUT2D eigenvalue weighted by Crippen LogP contribution is -2.40. The molecule has 1 aromatic carbocycles. The number of hydrogen-bond donors (Lipinski definition) is 1. The molecule has 0 aromatic heterocycles. The van der Waals surface area contributed by atoms with Crippen molar-refractivity contribution in [1.29, 1.82) is 0 Å². The predicted octanol–water partition coefficient (Wildman–Crippen LogP) is 2.30. The molecule has 0 bridgehead atoms. The van der Waals surface area contributed by atoms with E-state index in [4.69, 9.17) is 4.74 Å². The number of benzene rings is 1. The molecule has 2 atom stereocenters. The van der Waals surface area contributed by atoms with Gasteiger partial charge in [-0.15, -0.1) is 0 Å². The highest BCUT2D eigenvalue weighted by molar-refractivity contribution is 5.19. The van der Waals surface area contributed by atoms with Gasteiger partial charge in [0.1, 0.15) is 0 Å². The number of rotatable bonds is 8. The Labute approximate surface area is 116 Å². The molecule has 1 fully saturated rings. The summed E-state index contributed by atoms with van der Waals surface area (Å²) in [7, 11) is 6.07. The molecule has 19 heavy (non-hydrogen) atoms. The molecule has 0 radical (unpaired) electrons. The van der Waals surface area contributed by atoms with Crippen molar-refractivity contribution in [1.82, 2.24) is 10.2 Å². The first kappa shape index (κ1) is 14.5. The largest absolute Gasteiger partial charge is 0.383 e. The van der Waals surface area contributed by atoms with Gasteiger partial charge in [0.2, 0.25) is 0 Å². The van der Waals surface area contributed by atoms with Crippen molar-refractivity contribution in [2.75, 3.05) is 34.4 Å². The Morgan fingerprint density at radius 3 is 2.47 bits per heavy atom. The Morgan fingerprint density at radius 1 is 1.26 bits per heavy atom. The quantitative estimate of drug-likeness (QED) is 0.778. The van der Waals surface area contributed by atoms with Gasteiger partial charge in [0.15, 0.2) is 0 Å². The van der Waals surface area contributed by atoms with E-state index in [1.54, 1.807) is 7.11 Å². The second-order valence-electron chi connectivity index (χ2n) is 5.70. The van der Waals surface area contributed by atoms with Gasteiger partial charge in [-0.05, 0) is 38.4 Å². The van der Waals surface area contributed by atoms with E-state index in [1.807, 2.05) is 0 Å². The van der Waals surface area contributed by atoms with Crippen LogP contribution in [0.15, 0.2) is 30.3 Å². The fourth-order valence-corrected chi connectivity index (χ4v) is 2.58. The van der Waals surface area contributed by atoms with Crippen molar-refractivity contribution in [3.8, 4) is 0 Å². The first-order valence-electron chi connectivity index (χ1n) is 7.16. The molecule has 0 spiro atoms. The first-order valence-corrected chi connectivity index (χ1v) is 7.16. The number of nitrogens with one attached hydrogen (secondary N) is 1. The predicted molar refractivity (Wildman–Crippen MR) is 79.3 cm³/mol. The minimum Gasteiger partial charge on any atom is -0.383 e. The summed E-state index contributed by atoms with van der Waals surface area (Å²) in [5.74, 6) is 0.818. The molecule has 106 valence electrons. The minimum absolute atomic E-state index is 0.416. The van der Waals surface area contributed by atoms with Gasteiger partial charge in [-0.25, -0.2) is 0 Å². The highest BCUT2D eigenvalue weighted by Crippen LogP contribution is 2.33. The summed E-state index contributed by atoms with van der Waals surface area (Å²) in [6, 6.07) is 11.6. The van der Waals surface area contributed by atoms with Gasteiger partial charge >= 0.3 is 0 Å². The van der Waals surface area contributed by atoms with Crippen LogP contribution in [0.1, 0.15) is 24.4 Å². The summed E-state index contributed by atoms with van der Waals surface area (Å²) in [4.78, 5) is 2.28. The number of methoxy groups -OCH3 is 1. The van der Waals surface area contributed by atoms with Crippen molar-refractivity contribution in [3.63, 3.8) is 0 Å². The number of ether oxygens (including phenoxy) is 1. The molecule has 0 aliphatic heterocycles. The van der Waals surface area contributed by atoms with Crippen LogP contribution in [0.2, 0.25) is 0 Å². The summed E-state index contributed by atoms with van der Waals surface area (Å²) >= 11 is 0. The third-order valence-corrected chi connectivity index (χ3v) is 3.92. The van der Waals surface area contributed by atoms with E-state index in [9.17, 15) is 0 Å². The van der Waals surface area contributed by atoms with Crippen LogP contribution in [0.3, 0.4) is 0 Å². The molecule has 3 heteroatoms. The zero-order valence-corrected chi connectivity index (χ0v) is 12.3. The van der Waals surface area contributed by atoms with Crippen LogP contribution in [0.25, 0.3) is 0 Å². The normalized spacial score (nSPS) is 18.5. The van der Waals surface area contributed by atoms with Gasteiger partial charge in [-0.2, -0.15) is 0 Å². The van der Waals surface area contributed by atoms with Crippen molar-refractivity contribution in [2.45, 2.75) is 24.9 Å². The van der Waals surface area contributed by atoms with Crippen molar-refractivity contribution >= 4 is 0 Å². The smallest absolute Gasteiger partial charge is 0.0618 e. The Bertz CT molecular complexity index is 362. The van der Waals surface area contributed by atoms with Crippen LogP contribution < -0.4 is 5.32 Å². The van der Waals surface area contributed by atoms with Gasteiger partial charge < -0.3 is 15.0 Å². The SMILES string of the molecule is COCC(NCC(c1ccccc1)N(C)C)C1CC1. The summed E-state index contributed by atoms with van der Waals surface area (Å²) in [5.41, 5.74) is 1.37.